The molecule has 3 heterocycles. The van der Waals surface area contributed by atoms with Crippen LogP contribution in [0, 0.1) is 6.92 Å². The lowest BCUT2D eigenvalue weighted by Gasteiger charge is -2.10. The second-order valence-corrected chi connectivity index (χ2v) is 7.73. The molecule has 0 saturated heterocycles. The quantitative estimate of drug-likeness (QED) is 0.498. The van der Waals surface area contributed by atoms with Crippen LogP contribution in [0.5, 0.6) is 0 Å². The molecule has 2 N–H and O–H groups in total. The van der Waals surface area contributed by atoms with E-state index in [1.807, 2.05) is 6.07 Å². The van der Waals surface area contributed by atoms with E-state index < -0.39 is 5.25 Å². The number of nitrogens with one attached hydrogen (secondary N) is 2. The van der Waals surface area contributed by atoms with Gasteiger partial charge in [0.1, 0.15) is 5.76 Å². The summed E-state index contributed by atoms with van der Waals surface area (Å²) in [6, 6.07) is 6.97. The van der Waals surface area contributed by atoms with E-state index in [9.17, 15) is 14.4 Å². The number of hydrogen-bond donors (Lipinski definition) is 2. The molecule has 154 valence electrons. The molecule has 0 aliphatic heterocycles. The van der Waals surface area contributed by atoms with Crippen molar-refractivity contribution in [2.45, 2.75) is 32.1 Å². The summed E-state index contributed by atoms with van der Waals surface area (Å²) in [5.74, 6) is 0.690. The van der Waals surface area contributed by atoms with Gasteiger partial charge in [-0.25, -0.2) is 9.48 Å². The van der Waals surface area contributed by atoms with Crippen LogP contribution in [0.25, 0.3) is 5.65 Å². The summed E-state index contributed by atoms with van der Waals surface area (Å²) < 4.78 is 7.75. The number of anilines is 1. The molecule has 0 fully saturated rings. The van der Waals surface area contributed by atoms with E-state index in [0.717, 1.165) is 0 Å². The molecule has 0 unspecified atom stereocenters. The highest BCUT2D eigenvalue weighted by Gasteiger charge is 2.16. The first-order chi connectivity index (χ1) is 13.9. The number of carbonyl (C=O) groups is 2. The number of aromatic nitrogens is 4. The van der Waals surface area contributed by atoms with Crippen molar-refractivity contribution in [3.05, 3.63) is 46.7 Å². The highest BCUT2D eigenvalue weighted by atomic mass is 32.2. The first-order valence-electron chi connectivity index (χ1n) is 9.11. The number of pyridine rings is 1. The number of aryl methyl sites for hydroxylation is 2. The summed E-state index contributed by atoms with van der Waals surface area (Å²) in [7, 11) is 0. The Balaban J connectivity index is 1.35. The van der Waals surface area contributed by atoms with E-state index in [4.69, 9.17) is 4.52 Å². The van der Waals surface area contributed by atoms with Gasteiger partial charge >= 0.3 is 5.69 Å². The van der Waals surface area contributed by atoms with Crippen molar-refractivity contribution >= 4 is 35.0 Å². The maximum Gasteiger partial charge on any atom is 0.350 e. The van der Waals surface area contributed by atoms with Crippen molar-refractivity contribution in [1.29, 1.82) is 0 Å². The fourth-order valence-electron chi connectivity index (χ4n) is 2.55. The number of nitrogens with zero attached hydrogens (tertiary/aromatic N) is 4. The van der Waals surface area contributed by atoms with Crippen molar-refractivity contribution in [2.24, 2.45) is 0 Å². The predicted molar refractivity (Wildman–Crippen MR) is 109 cm³/mol. The zero-order chi connectivity index (χ0) is 20.8. The van der Waals surface area contributed by atoms with E-state index in [0.29, 0.717) is 36.7 Å². The topological polar surface area (TPSA) is 124 Å². The molecule has 0 spiro atoms. The van der Waals surface area contributed by atoms with E-state index in [1.54, 1.807) is 38.2 Å². The number of rotatable bonds is 9. The van der Waals surface area contributed by atoms with Gasteiger partial charge < -0.3 is 15.2 Å². The fraction of sp³-hybridized carbons (Fsp3) is 0.389. The van der Waals surface area contributed by atoms with Gasteiger partial charge in [-0.1, -0.05) is 11.2 Å². The van der Waals surface area contributed by atoms with Gasteiger partial charge in [-0.3, -0.25) is 14.0 Å². The molecule has 2 amide bonds. The normalized spacial score (nSPS) is 12.1. The minimum absolute atomic E-state index is 0.154. The Bertz CT molecular complexity index is 1060. The van der Waals surface area contributed by atoms with Crippen molar-refractivity contribution in [1.82, 2.24) is 24.7 Å². The zero-order valence-electron chi connectivity index (χ0n) is 16.1. The molecule has 29 heavy (non-hydrogen) atoms. The SMILES string of the molecule is Cc1cc(NC(=O)[C@@H](C)SCC(=O)NCCCn2nc3ccccn3c2=O)no1. The maximum absolute atomic E-state index is 12.2. The smallest absolute Gasteiger partial charge is 0.350 e. The Morgan fingerprint density at radius 2 is 2.17 bits per heavy atom. The molecule has 1 atom stereocenters. The summed E-state index contributed by atoms with van der Waals surface area (Å²) in [6.07, 6.45) is 2.24. The van der Waals surface area contributed by atoms with E-state index in [2.05, 4.69) is 20.9 Å². The average Bonchev–Trinajstić information content (AvgIpc) is 3.26. The first kappa shape index (κ1) is 20.6. The molecule has 11 heteroatoms. The van der Waals surface area contributed by atoms with Crippen LogP contribution in [0.1, 0.15) is 19.1 Å². The standard InChI is InChI=1S/C18H22N6O4S/c1-12-10-14(22-28-12)20-17(26)13(2)29-11-16(25)19-7-5-9-24-18(27)23-8-4-3-6-15(23)21-24/h3-4,6,8,10,13H,5,7,9,11H2,1-2H3,(H,19,25)(H,20,22,26)/t13-/m1/s1. The van der Waals surface area contributed by atoms with Crippen LogP contribution in [0.4, 0.5) is 5.82 Å². The second-order valence-electron chi connectivity index (χ2n) is 6.40. The highest BCUT2D eigenvalue weighted by Crippen LogP contribution is 2.14. The molecule has 0 radical (unpaired) electrons. The predicted octanol–water partition coefficient (Wildman–Crippen LogP) is 1.06. The molecule has 0 bridgehead atoms. The number of carbonyl (C=O) groups excluding carboxylic acids is 2. The zero-order valence-corrected chi connectivity index (χ0v) is 16.9. The van der Waals surface area contributed by atoms with Gasteiger partial charge in [-0.15, -0.1) is 16.9 Å². The third-order valence-electron chi connectivity index (χ3n) is 4.07. The molecular weight excluding hydrogens is 396 g/mol. The van der Waals surface area contributed by atoms with Crippen molar-refractivity contribution in [3.8, 4) is 0 Å². The summed E-state index contributed by atoms with van der Waals surface area (Å²) in [4.78, 5) is 36.2. The Morgan fingerprint density at radius 3 is 2.90 bits per heavy atom. The molecule has 0 aliphatic rings. The molecule has 3 rings (SSSR count). The van der Waals surface area contributed by atoms with Crippen LogP contribution in [0.2, 0.25) is 0 Å². The molecule has 10 nitrogen and oxygen atoms in total. The van der Waals surface area contributed by atoms with Gasteiger partial charge in [0.2, 0.25) is 11.8 Å². The summed E-state index contributed by atoms with van der Waals surface area (Å²) in [5, 5.41) is 12.9. The summed E-state index contributed by atoms with van der Waals surface area (Å²) in [6.45, 7) is 4.27. The van der Waals surface area contributed by atoms with Gasteiger partial charge in [0.05, 0.1) is 11.0 Å². The van der Waals surface area contributed by atoms with Crippen molar-refractivity contribution < 1.29 is 14.1 Å². The summed E-state index contributed by atoms with van der Waals surface area (Å²) >= 11 is 1.23. The van der Waals surface area contributed by atoms with Crippen molar-refractivity contribution in [3.63, 3.8) is 0 Å². The van der Waals surface area contributed by atoms with Gasteiger partial charge in [0.25, 0.3) is 0 Å². The largest absolute Gasteiger partial charge is 0.360 e. The van der Waals surface area contributed by atoms with Gasteiger partial charge in [-0.2, -0.15) is 0 Å². The maximum atomic E-state index is 12.2. The van der Waals surface area contributed by atoms with E-state index in [-0.39, 0.29) is 23.3 Å². The molecule has 0 aromatic carbocycles. The number of fused-ring (bicyclic) bond motifs is 1. The minimum atomic E-state index is -0.422. The van der Waals surface area contributed by atoms with Crippen LogP contribution in [0.15, 0.2) is 39.8 Å². The lowest BCUT2D eigenvalue weighted by atomic mass is 10.4. The molecular formula is C18H22N6O4S. The number of hydrogen-bond acceptors (Lipinski definition) is 7. The third-order valence-corrected chi connectivity index (χ3v) is 5.21. The first-order valence-corrected chi connectivity index (χ1v) is 10.2. The van der Waals surface area contributed by atoms with Crippen LogP contribution >= 0.6 is 11.8 Å². The molecule has 3 aromatic heterocycles. The molecule has 3 aromatic rings. The minimum Gasteiger partial charge on any atom is -0.360 e. The lowest BCUT2D eigenvalue weighted by Crippen LogP contribution is -2.30. The van der Waals surface area contributed by atoms with Gasteiger partial charge in [0, 0.05) is 25.4 Å². The highest BCUT2D eigenvalue weighted by molar-refractivity contribution is 8.01. The van der Waals surface area contributed by atoms with Gasteiger partial charge in [-0.05, 0) is 32.4 Å². The number of amides is 2. The number of thioether (sulfide) groups is 1. The molecule has 0 aliphatic carbocycles. The van der Waals surface area contributed by atoms with E-state index in [1.165, 1.54) is 20.8 Å². The summed E-state index contributed by atoms with van der Waals surface area (Å²) in [5.41, 5.74) is 0.385. The Morgan fingerprint density at radius 1 is 1.34 bits per heavy atom. The van der Waals surface area contributed by atoms with Crippen molar-refractivity contribution in [2.75, 3.05) is 17.6 Å². The molecule has 0 saturated carbocycles. The third kappa shape index (κ3) is 5.47. The van der Waals surface area contributed by atoms with Gasteiger partial charge in [0.15, 0.2) is 11.5 Å². The van der Waals surface area contributed by atoms with E-state index >= 15 is 0 Å². The lowest BCUT2D eigenvalue weighted by molar-refractivity contribution is -0.118. The van der Waals surface area contributed by atoms with Crippen LogP contribution < -0.4 is 16.3 Å². The Hall–Kier alpha value is -3.08. The Labute approximate surface area is 170 Å². The van der Waals surface area contributed by atoms with Crippen LogP contribution in [0.3, 0.4) is 0 Å². The van der Waals surface area contributed by atoms with Crippen LogP contribution in [-0.2, 0) is 16.1 Å². The average molecular weight is 418 g/mol. The second kappa shape index (κ2) is 9.41. The Kier molecular flexibility index (Phi) is 6.70. The van der Waals surface area contributed by atoms with Crippen LogP contribution in [-0.4, -0.2) is 48.7 Å². The monoisotopic (exact) mass is 418 g/mol. The fourth-order valence-corrected chi connectivity index (χ4v) is 3.26.